The summed E-state index contributed by atoms with van der Waals surface area (Å²) in [5.41, 5.74) is 8.89. The summed E-state index contributed by atoms with van der Waals surface area (Å²) in [6, 6.07) is 7.65. The molecule has 1 aliphatic carbocycles. The maximum atomic E-state index is 5.92. The van der Waals surface area contributed by atoms with Gasteiger partial charge in [0.25, 0.3) is 0 Å². The molecule has 1 heterocycles. The van der Waals surface area contributed by atoms with E-state index in [2.05, 4.69) is 5.16 Å². The van der Waals surface area contributed by atoms with E-state index in [0.717, 1.165) is 21.8 Å². The molecule has 0 spiro atoms. The second-order valence-electron chi connectivity index (χ2n) is 4.80. The van der Waals surface area contributed by atoms with Crippen molar-refractivity contribution < 1.29 is 4.52 Å². The third-order valence-electron chi connectivity index (χ3n) is 3.62. The molecule has 2 aromatic rings. The van der Waals surface area contributed by atoms with Crippen LogP contribution in [0.2, 0.25) is 5.02 Å². The fraction of sp³-hybridized carbons (Fsp3) is 0.357. The van der Waals surface area contributed by atoms with Gasteiger partial charge in [0.1, 0.15) is 0 Å². The molecule has 3 nitrogen and oxygen atoms in total. The van der Waals surface area contributed by atoms with Crippen molar-refractivity contribution in [3.63, 3.8) is 0 Å². The second-order valence-corrected chi connectivity index (χ2v) is 5.23. The molecule has 94 valence electrons. The average molecular weight is 263 g/mol. The highest BCUT2D eigenvalue weighted by molar-refractivity contribution is 6.30. The molecule has 1 fully saturated rings. The number of halogens is 1. The number of nitrogens with two attached hydrogens (primary N) is 1. The molecule has 0 unspecified atom stereocenters. The third kappa shape index (κ3) is 1.99. The van der Waals surface area contributed by atoms with Crippen LogP contribution < -0.4 is 5.73 Å². The van der Waals surface area contributed by atoms with Crippen LogP contribution in [0.3, 0.4) is 0 Å². The summed E-state index contributed by atoms with van der Waals surface area (Å²) in [6.45, 7) is 0. The highest BCUT2D eigenvalue weighted by Crippen LogP contribution is 2.41. The zero-order chi connectivity index (χ0) is 12.5. The maximum Gasteiger partial charge on any atom is 0.230 e. The van der Waals surface area contributed by atoms with Gasteiger partial charge < -0.3 is 10.3 Å². The molecule has 18 heavy (non-hydrogen) atoms. The van der Waals surface area contributed by atoms with Crippen LogP contribution in [0, 0.1) is 0 Å². The average Bonchev–Trinajstić information content (AvgIpc) is 2.99. The van der Waals surface area contributed by atoms with E-state index >= 15 is 0 Å². The molecule has 0 amide bonds. The fourth-order valence-corrected chi connectivity index (χ4v) is 2.83. The van der Waals surface area contributed by atoms with E-state index < -0.39 is 0 Å². The molecular formula is C14H15ClN2O. The standard InChI is InChI=1S/C14H15ClN2O/c15-11-7-5-9(6-8-11)12-13(17-18-14(12)16)10-3-1-2-4-10/h5-8,10H,1-4,16H2. The lowest BCUT2D eigenvalue weighted by Crippen LogP contribution is -1.96. The normalized spacial score (nSPS) is 16.3. The van der Waals surface area contributed by atoms with Gasteiger partial charge in [0.2, 0.25) is 5.88 Å². The van der Waals surface area contributed by atoms with E-state index in [4.69, 9.17) is 21.9 Å². The summed E-state index contributed by atoms with van der Waals surface area (Å²) in [4.78, 5) is 0. The van der Waals surface area contributed by atoms with E-state index in [1.54, 1.807) is 0 Å². The first kappa shape index (κ1) is 11.6. The number of nitrogen functional groups attached to an aromatic ring is 1. The van der Waals surface area contributed by atoms with Gasteiger partial charge in [0.15, 0.2) is 0 Å². The van der Waals surface area contributed by atoms with Crippen LogP contribution in [0.25, 0.3) is 11.1 Å². The molecule has 1 saturated carbocycles. The van der Waals surface area contributed by atoms with Crippen molar-refractivity contribution in [1.29, 1.82) is 0 Å². The molecule has 0 radical (unpaired) electrons. The van der Waals surface area contributed by atoms with Crippen molar-refractivity contribution in [3.05, 3.63) is 35.0 Å². The SMILES string of the molecule is Nc1onc(C2CCCC2)c1-c1ccc(Cl)cc1. The molecule has 1 aromatic heterocycles. The molecule has 1 aromatic carbocycles. The Morgan fingerprint density at radius 1 is 1.17 bits per heavy atom. The molecule has 0 bridgehead atoms. The number of nitrogens with zero attached hydrogens (tertiary/aromatic N) is 1. The maximum absolute atomic E-state index is 5.92. The Morgan fingerprint density at radius 2 is 1.83 bits per heavy atom. The molecule has 1 aliphatic rings. The van der Waals surface area contributed by atoms with Crippen molar-refractivity contribution >= 4 is 17.5 Å². The molecule has 0 atom stereocenters. The summed E-state index contributed by atoms with van der Waals surface area (Å²) in [5.74, 6) is 0.885. The quantitative estimate of drug-likeness (QED) is 0.881. The molecule has 2 N–H and O–H groups in total. The highest BCUT2D eigenvalue weighted by atomic mass is 35.5. The van der Waals surface area contributed by atoms with Gasteiger partial charge in [-0.05, 0) is 30.5 Å². The summed E-state index contributed by atoms with van der Waals surface area (Å²) in [6.07, 6.45) is 4.87. The second kappa shape index (κ2) is 4.65. The van der Waals surface area contributed by atoms with Gasteiger partial charge in [-0.25, -0.2) is 0 Å². The molecule has 0 aliphatic heterocycles. The van der Waals surface area contributed by atoms with Crippen molar-refractivity contribution in [2.45, 2.75) is 31.6 Å². The Labute approximate surface area is 111 Å². The topological polar surface area (TPSA) is 52.0 Å². The fourth-order valence-electron chi connectivity index (χ4n) is 2.70. The van der Waals surface area contributed by atoms with Gasteiger partial charge >= 0.3 is 0 Å². The van der Waals surface area contributed by atoms with Crippen molar-refractivity contribution in [1.82, 2.24) is 5.16 Å². The first-order valence-corrected chi connectivity index (χ1v) is 6.64. The number of benzene rings is 1. The monoisotopic (exact) mass is 262 g/mol. The van der Waals surface area contributed by atoms with Crippen LogP contribution in [0.1, 0.15) is 37.3 Å². The number of anilines is 1. The van der Waals surface area contributed by atoms with Gasteiger partial charge in [-0.1, -0.05) is 41.7 Å². The molecule has 0 saturated heterocycles. The van der Waals surface area contributed by atoms with E-state index in [1.807, 2.05) is 24.3 Å². The first-order valence-electron chi connectivity index (χ1n) is 6.26. The van der Waals surface area contributed by atoms with Crippen molar-refractivity contribution in [2.75, 3.05) is 5.73 Å². The minimum Gasteiger partial charge on any atom is -0.367 e. The van der Waals surface area contributed by atoms with E-state index in [0.29, 0.717) is 11.8 Å². The smallest absolute Gasteiger partial charge is 0.230 e. The predicted molar refractivity (Wildman–Crippen MR) is 72.6 cm³/mol. The number of aromatic nitrogens is 1. The van der Waals surface area contributed by atoms with Crippen LogP contribution in [-0.4, -0.2) is 5.16 Å². The Hall–Kier alpha value is -1.48. The van der Waals surface area contributed by atoms with Crippen LogP contribution >= 0.6 is 11.6 Å². The van der Waals surface area contributed by atoms with Gasteiger partial charge in [-0.3, -0.25) is 0 Å². The van der Waals surface area contributed by atoms with Crippen LogP contribution in [-0.2, 0) is 0 Å². The van der Waals surface area contributed by atoms with Gasteiger partial charge in [-0.2, -0.15) is 0 Å². The lowest BCUT2D eigenvalue weighted by molar-refractivity contribution is 0.420. The van der Waals surface area contributed by atoms with Crippen molar-refractivity contribution in [2.24, 2.45) is 0 Å². The van der Waals surface area contributed by atoms with E-state index in [-0.39, 0.29) is 0 Å². The third-order valence-corrected chi connectivity index (χ3v) is 3.87. The first-order chi connectivity index (χ1) is 8.75. The Balaban J connectivity index is 2.04. The zero-order valence-electron chi connectivity index (χ0n) is 10.0. The summed E-state index contributed by atoms with van der Waals surface area (Å²) in [7, 11) is 0. The lowest BCUT2D eigenvalue weighted by atomic mass is 9.96. The van der Waals surface area contributed by atoms with E-state index in [1.165, 1.54) is 25.7 Å². The Morgan fingerprint density at radius 3 is 2.50 bits per heavy atom. The van der Waals surface area contributed by atoms with Gasteiger partial charge in [0, 0.05) is 10.9 Å². The van der Waals surface area contributed by atoms with Gasteiger partial charge in [0.05, 0.1) is 11.3 Å². The summed E-state index contributed by atoms with van der Waals surface area (Å²) in [5, 5.41) is 4.88. The molecular weight excluding hydrogens is 248 g/mol. The molecule has 4 heteroatoms. The lowest BCUT2D eigenvalue weighted by Gasteiger charge is -2.08. The summed E-state index contributed by atoms with van der Waals surface area (Å²) >= 11 is 5.91. The molecule has 3 rings (SSSR count). The number of rotatable bonds is 2. The highest BCUT2D eigenvalue weighted by Gasteiger charge is 2.26. The minimum atomic E-state index is 0.402. The van der Waals surface area contributed by atoms with Gasteiger partial charge in [-0.15, -0.1) is 0 Å². The van der Waals surface area contributed by atoms with E-state index in [9.17, 15) is 0 Å². The number of hydrogen-bond donors (Lipinski definition) is 1. The Kier molecular flexibility index (Phi) is 3.00. The predicted octanol–water partition coefficient (Wildman–Crippen LogP) is 4.23. The van der Waals surface area contributed by atoms with Crippen LogP contribution in [0.15, 0.2) is 28.8 Å². The largest absolute Gasteiger partial charge is 0.367 e. The number of hydrogen-bond acceptors (Lipinski definition) is 3. The zero-order valence-corrected chi connectivity index (χ0v) is 10.8. The Bertz CT molecular complexity index is 541. The van der Waals surface area contributed by atoms with Crippen molar-refractivity contribution in [3.8, 4) is 11.1 Å². The summed E-state index contributed by atoms with van der Waals surface area (Å²) < 4.78 is 5.19. The van der Waals surface area contributed by atoms with Crippen LogP contribution in [0.4, 0.5) is 5.88 Å². The minimum absolute atomic E-state index is 0.402. The van der Waals surface area contributed by atoms with Crippen LogP contribution in [0.5, 0.6) is 0 Å².